The molecule has 2 aromatic carbocycles. The number of methoxy groups -OCH3 is 1. The standard InChI is InChI=1S/C15H12N2O2S/c1-19-13-5-3-2-4-11(13)15(18)17-10-6-7-14-12(8-10)16-9-20-14/h2-9H,1H3,(H,17,18). The molecule has 0 bridgehead atoms. The van der Waals surface area contributed by atoms with Crippen molar-refractivity contribution in [1.82, 2.24) is 4.98 Å². The maximum absolute atomic E-state index is 12.3. The van der Waals surface area contributed by atoms with Gasteiger partial charge >= 0.3 is 0 Å². The van der Waals surface area contributed by atoms with Crippen LogP contribution in [0.15, 0.2) is 48.0 Å². The number of carbonyl (C=O) groups is 1. The molecule has 5 heteroatoms. The smallest absolute Gasteiger partial charge is 0.259 e. The molecule has 1 N–H and O–H groups in total. The minimum absolute atomic E-state index is 0.197. The zero-order chi connectivity index (χ0) is 13.9. The highest BCUT2D eigenvalue weighted by atomic mass is 32.1. The maximum Gasteiger partial charge on any atom is 0.259 e. The summed E-state index contributed by atoms with van der Waals surface area (Å²) in [6, 6.07) is 12.8. The Labute approximate surface area is 120 Å². The lowest BCUT2D eigenvalue weighted by Crippen LogP contribution is -2.12. The normalized spacial score (nSPS) is 10.4. The van der Waals surface area contributed by atoms with Crippen LogP contribution in [0.3, 0.4) is 0 Å². The van der Waals surface area contributed by atoms with Crippen LogP contribution in [0.5, 0.6) is 5.75 Å². The van der Waals surface area contributed by atoms with Crippen LogP contribution in [0.4, 0.5) is 5.69 Å². The Morgan fingerprint density at radius 1 is 1.25 bits per heavy atom. The van der Waals surface area contributed by atoms with Crippen molar-refractivity contribution >= 4 is 33.1 Å². The number of hydrogen-bond donors (Lipinski definition) is 1. The summed E-state index contributed by atoms with van der Waals surface area (Å²) >= 11 is 1.57. The number of anilines is 1. The van der Waals surface area contributed by atoms with Crippen molar-refractivity contribution in [2.75, 3.05) is 12.4 Å². The first-order valence-corrected chi connectivity index (χ1v) is 6.93. The highest BCUT2D eigenvalue weighted by molar-refractivity contribution is 7.16. The maximum atomic E-state index is 12.3. The number of carbonyl (C=O) groups excluding carboxylic acids is 1. The molecule has 0 unspecified atom stereocenters. The SMILES string of the molecule is COc1ccccc1C(=O)Nc1ccc2scnc2c1. The van der Waals surface area contributed by atoms with Crippen LogP contribution in [0, 0.1) is 0 Å². The Balaban J connectivity index is 1.88. The van der Waals surface area contributed by atoms with Crippen LogP contribution in [0.1, 0.15) is 10.4 Å². The van der Waals surface area contributed by atoms with Gasteiger partial charge in [0.05, 0.1) is 28.4 Å². The summed E-state index contributed by atoms with van der Waals surface area (Å²) in [6.07, 6.45) is 0. The third-order valence-corrected chi connectivity index (χ3v) is 3.75. The average molecular weight is 284 g/mol. The molecule has 1 amide bonds. The molecule has 4 nitrogen and oxygen atoms in total. The summed E-state index contributed by atoms with van der Waals surface area (Å²) < 4.78 is 6.29. The van der Waals surface area contributed by atoms with E-state index < -0.39 is 0 Å². The first-order valence-electron chi connectivity index (χ1n) is 6.05. The summed E-state index contributed by atoms with van der Waals surface area (Å²) in [5, 5.41) is 2.86. The van der Waals surface area contributed by atoms with Crippen LogP contribution in [-0.2, 0) is 0 Å². The molecule has 0 fully saturated rings. The highest BCUT2D eigenvalue weighted by Gasteiger charge is 2.11. The number of benzene rings is 2. The number of hydrogen-bond acceptors (Lipinski definition) is 4. The number of para-hydroxylation sites is 1. The Morgan fingerprint density at radius 3 is 2.95 bits per heavy atom. The van der Waals surface area contributed by atoms with Crippen LogP contribution in [0.25, 0.3) is 10.2 Å². The minimum Gasteiger partial charge on any atom is -0.496 e. The Hall–Kier alpha value is -2.40. The molecule has 100 valence electrons. The third-order valence-electron chi connectivity index (χ3n) is 2.94. The van der Waals surface area contributed by atoms with Crippen molar-refractivity contribution in [1.29, 1.82) is 0 Å². The van der Waals surface area contributed by atoms with E-state index in [9.17, 15) is 4.79 Å². The molecule has 3 rings (SSSR count). The number of fused-ring (bicyclic) bond motifs is 1. The van der Waals surface area contributed by atoms with E-state index in [1.807, 2.05) is 24.3 Å². The topological polar surface area (TPSA) is 51.2 Å². The monoisotopic (exact) mass is 284 g/mol. The van der Waals surface area contributed by atoms with Gasteiger partial charge in [0.25, 0.3) is 5.91 Å². The first-order chi connectivity index (χ1) is 9.78. The van der Waals surface area contributed by atoms with E-state index >= 15 is 0 Å². The van der Waals surface area contributed by atoms with Crippen molar-refractivity contribution in [2.24, 2.45) is 0 Å². The molecule has 3 aromatic rings. The fourth-order valence-corrected chi connectivity index (χ4v) is 2.63. The summed E-state index contributed by atoms with van der Waals surface area (Å²) in [5.74, 6) is 0.358. The second kappa shape index (κ2) is 5.30. The summed E-state index contributed by atoms with van der Waals surface area (Å²) in [4.78, 5) is 16.5. The summed E-state index contributed by atoms with van der Waals surface area (Å²) in [6.45, 7) is 0. The Kier molecular flexibility index (Phi) is 3.35. The third kappa shape index (κ3) is 2.35. The van der Waals surface area contributed by atoms with Crippen LogP contribution in [-0.4, -0.2) is 18.0 Å². The quantitative estimate of drug-likeness (QED) is 0.800. The molecule has 20 heavy (non-hydrogen) atoms. The molecule has 0 spiro atoms. The van der Waals surface area contributed by atoms with Gasteiger partial charge < -0.3 is 10.1 Å². The highest BCUT2D eigenvalue weighted by Crippen LogP contribution is 2.23. The molecular weight excluding hydrogens is 272 g/mol. The number of thiazole rings is 1. The second-order valence-corrected chi connectivity index (χ2v) is 5.08. The second-order valence-electron chi connectivity index (χ2n) is 4.19. The number of ether oxygens (including phenoxy) is 1. The predicted molar refractivity (Wildman–Crippen MR) is 80.6 cm³/mol. The van der Waals surface area contributed by atoms with Crippen molar-refractivity contribution < 1.29 is 9.53 Å². The van der Waals surface area contributed by atoms with Gasteiger partial charge in [-0.2, -0.15) is 0 Å². The summed E-state index contributed by atoms with van der Waals surface area (Å²) in [5.41, 5.74) is 3.90. The van der Waals surface area contributed by atoms with Gasteiger partial charge in [0.1, 0.15) is 5.75 Å². The Bertz CT molecular complexity index is 767. The molecule has 1 heterocycles. The fraction of sp³-hybridized carbons (Fsp3) is 0.0667. The molecule has 0 atom stereocenters. The van der Waals surface area contributed by atoms with Gasteiger partial charge in [-0.05, 0) is 30.3 Å². The lowest BCUT2D eigenvalue weighted by molar-refractivity contribution is 0.102. The zero-order valence-corrected chi connectivity index (χ0v) is 11.6. The molecule has 0 aliphatic rings. The summed E-state index contributed by atoms with van der Waals surface area (Å²) in [7, 11) is 1.55. The van der Waals surface area contributed by atoms with E-state index in [4.69, 9.17) is 4.74 Å². The lowest BCUT2D eigenvalue weighted by Gasteiger charge is -2.09. The Morgan fingerprint density at radius 2 is 2.10 bits per heavy atom. The van der Waals surface area contributed by atoms with Crippen molar-refractivity contribution in [3.63, 3.8) is 0 Å². The first kappa shape index (κ1) is 12.6. The minimum atomic E-state index is -0.197. The number of aromatic nitrogens is 1. The van der Waals surface area contributed by atoms with Gasteiger partial charge in [-0.3, -0.25) is 4.79 Å². The fourth-order valence-electron chi connectivity index (χ4n) is 1.97. The van der Waals surface area contributed by atoms with Gasteiger partial charge in [0.2, 0.25) is 0 Å². The van der Waals surface area contributed by atoms with Gasteiger partial charge in [0.15, 0.2) is 0 Å². The number of nitrogens with zero attached hydrogens (tertiary/aromatic N) is 1. The molecule has 1 aromatic heterocycles. The van der Waals surface area contributed by atoms with Crippen LogP contribution >= 0.6 is 11.3 Å². The average Bonchev–Trinajstić information content (AvgIpc) is 2.94. The van der Waals surface area contributed by atoms with Gasteiger partial charge in [-0.15, -0.1) is 11.3 Å². The number of rotatable bonds is 3. The van der Waals surface area contributed by atoms with E-state index in [1.165, 1.54) is 0 Å². The molecule has 0 radical (unpaired) electrons. The molecular formula is C15H12N2O2S. The van der Waals surface area contributed by atoms with E-state index in [2.05, 4.69) is 10.3 Å². The van der Waals surface area contributed by atoms with Crippen LogP contribution in [0.2, 0.25) is 0 Å². The van der Waals surface area contributed by atoms with Gasteiger partial charge in [-0.1, -0.05) is 12.1 Å². The van der Waals surface area contributed by atoms with E-state index in [-0.39, 0.29) is 5.91 Å². The number of nitrogens with one attached hydrogen (secondary N) is 1. The van der Waals surface area contributed by atoms with Crippen molar-refractivity contribution in [2.45, 2.75) is 0 Å². The van der Waals surface area contributed by atoms with E-state index in [0.29, 0.717) is 11.3 Å². The zero-order valence-electron chi connectivity index (χ0n) is 10.8. The van der Waals surface area contributed by atoms with Crippen molar-refractivity contribution in [3.8, 4) is 5.75 Å². The molecule has 0 aliphatic heterocycles. The molecule has 0 saturated carbocycles. The predicted octanol–water partition coefficient (Wildman–Crippen LogP) is 3.56. The number of amides is 1. The largest absolute Gasteiger partial charge is 0.496 e. The van der Waals surface area contributed by atoms with Gasteiger partial charge in [0, 0.05) is 5.69 Å². The lowest BCUT2D eigenvalue weighted by atomic mass is 10.2. The van der Waals surface area contributed by atoms with E-state index in [1.54, 1.807) is 42.2 Å². The van der Waals surface area contributed by atoms with Gasteiger partial charge in [-0.25, -0.2) is 4.98 Å². The van der Waals surface area contributed by atoms with Crippen molar-refractivity contribution in [3.05, 3.63) is 53.5 Å². The van der Waals surface area contributed by atoms with E-state index in [0.717, 1.165) is 15.9 Å². The molecule has 0 saturated heterocycles. The molecule has 0 aliphatic carbocycles. The van der Waals surface area contributed by atoms with Crippen LogP contribution < -0.4 is 10.1 Å².